The smallest absolute Gasteiger partial charge is 0.295 e. The summed E-state index contributed by atoms with van der Waals surface area (Å²) in [4.78, 5) is 32.4. The minimum absolute atomic E-state index is 0.0531. The van der Waals surface area contributed by atoms with Crippen LogP contribution in [0.25, 0.3) is 5.69 Å². The van der Waals surface area contributed by atoms with Gasteiger partial charge in [-0.05, 0) is 50.5 Å². The molecule has 3 heterocycles. The standard InChI is InChI=1S/C24H26N4O3/c1-17-22(18(2)28(26-17)20-9-4-3-5-10-20)23(29)24(30)27(16-21-11-7-13-31-21)15-19-8-6-12-25-14-19/h3-6,8-10,12,14,21H,7,11,13,15-16H2,1-2H3. The topological polar surface area (TPSA) is 77.3 Å². The molecule has 1 unspecified atom stereocenters. The molecule has 1 saturated heterocycles. The van der Waals surface area contributed by atoms with Crippen LogP contribution in [0.5, 0.6) is 0 Å². The third-order valence-electron chi connectivity index (χ3n) is 5.54. The number of pyridine rings is 1. The Balaban J connectivity index is 1.62. The minimum atomic E-state index is -0.543. The van der Waals surface area contributed by atoms with Gasteiger partial charge in [0.25, 0.3) is 11.7 Å². The normalized spacial score (nSPS) is 15.7. The first-order valence-electron chi connectivity index (χ1n) is 10.5. The van der Waals surface area contributed by atoms with Crippen molar-refractivity contribution in [2.24, 2.45) is 0 Å². The monoisotopic (exact) mass is 418 g/mol. The summed E-state index contributed by atoms with van der Waals surface area (Å²) in [6, 6.07) is 13.3. The Hall–Kier alpha value is -3.32. The van der Waals surface area contributed by atoms with Gasteiger partial charge in [0.1, 0.15) is 0 Å². The van der Waals surface area contributed by atoms with E-state index in [0.717, 1.165) is 24.1 Å². The quantitative estimate of drug-likeness (QED) is 0.435. The van der Waals surface area contributed by atoms with E-state index in [2.05, 4.69) is 10.1 Å². The van der Waals surface area contributed by atoms with Gasteiger partial charge in [0.2, 0.25) is 0 Å². The average Bonchev–Trinajstić information content (AvgIpc) is 3.41. The summed E-state index contributed by atoms with van der Waals surface area (Å²) in [5, 5.41) is 4.52. The molecule has 1 aliphatic rings. The molecule has 1 aromatic carbocycles. The molecule has 3 aromatic rings. The van der Waals surface area contributed by atoms with Crippen molar-refractivity contribution >= 4 is 11.7 Å². The van der Waals surface area contributed by atoms with Crippen LogP contribution in [-0.2, 0) is 16.1 Å². The van der Waals surface area contributed by atoms with E-state index in [9.17, 15) is 9.59 Å². The van der Waals surface area contributed by atoms with Gasteiger partial charge in [-0.15, -0.1) is 0 Å². The molecule has 1 atom stereocenters. The zero-order chi connectivity index (χ0) is 21.8. The lowest BCUT2D eigenvalue weighted by atomic mass is 10.1. The number of ketones is 1. The first kappa shape index (κ1) is 20.9. The molecule has 0 saturated carbocycles. The van der Waals surface area contributed by atoms with Gasteiger partial charge < -0.3 is 9.64 Å². The second-order valence-electron chi connectivity index (χ2n) is 7.80. The molecule has 0 aliphatic carbocycles. The van der Waals surface area contributed by atoms with E-state index >= 15 is 0 Å². The third-order valence-corrected chi connectivity index (χ3v) is 5.54. The number of hydrogen-bond donors (Lipinski definition) is 0. The molecule has 0 N–H and O–H groups in total. The molecule has 2 aromatic heterocycles. The van der Waals surface area contributed by atoms with Crippen molar-refractivity contribution in [2.45, 2.75) is 39.3 Å². The van der Waals surface area contributed by atoms with Crippen molar-refractivity contribution in [1.29, 1.82) is 0 Å². The van der Waals surface area contributed by atoms with E-state index in [1.807, 2.05) is 49.4 Å². The fraction of sp³-hybridized carbons (Fsp3) is 0.333. The van der Waals surface area contributed by atoms with E-state index in [1.165, 1.54) is 0 Å². The van der Waals surface area contributed by atoms with Crippen LogP contribution < -0.4 is 0 Å². The highest BCUT2D eigenvalue weighted by Crippen LogP contribution is 2.21. The van der Waals surface area contributed by atoms with Crippen LogP contribution in [0.2, 0.25) is 0 Å². The molecule has 0 spiro atoms. The highest BCUT2D eigenvalue weighted by atomic mass is 16.5. The van der Waals surface area contributed by atoms with Crippen molar-refractivity contribution in [2.75, 3.05) is 13.2 Å². The van der Waals surface area contributed by atoms with Gasteiger partial charge in [0, 0.05) is 32.1 Å². The molecule has 7 nitrogen and oxygen atoms in total. The number of amides is 1. The summed E-state index contributed by atoms with van der Waals surface area (Å²) >= 11 is 0. The second kappa shape index (κ2) is 9.22. The summed E-state index contributed by atoms with van der Waals surface area (Å²) in [6.45, 7) is 4.96. The van der Waals surface area contributed by atoms with Gasteiger partial charge in [-0.3, -0.25) is 14.6 Å². The van der Waals surface area contributed by atoms with Crippen LogP contribution >= 0.6 is 0 Å². The van der Waals surface area contributed by atoms with Gasteiger partial charge in [-0.1, -0.05) is 24.3 Å². The largest absolute Gasteiger partial charge is 0.376 e. The van der Waals surface area contributed by atoms with Gasteiger partial charge in [-0.2, -0.15) is 5.10 Å². The van der Waals surface area contributed by atoms with Crippen molar-refractivity contribution < 1.29 is 14.3 Å². The molecule has 0 bridgehead atoms. The maximum atomic E-state index is 13.3. The minimum Gasteiger partial charge on any atom is -0.376 e. The van der Waals surface area contributed by atoms with Crippen molar-refractivity contribution in [3.63, 3.8) is 0 Å². The summed E-state index contributed by atoms with van der Waals surface area (Å²) in [6.07, 6.45) is 5.20. The van der Waals surface area contributed by atoms with Crippen LogP contribution in [-0.4, -0.2) is 50.6 Å². The lowest BCUT2D eigenvalue weighted by Gasteiger charge is -2.25. The van der Waals surface area contributed by atoms with Gasteiger partial charge in [0.15, 0.2) is 0 Å². The zero-order valence-electron chi connectivity index (χ0n) is 17.8. The number of hydrogen-bond acceptors (Lipinski definition) is 5. The zero-order valence-corrected chi connectivity index (χ0v) is 17.8. The molecule has 1 fully saturated rings. The van der Waals surface area contributed by atoms with Gasteiger partial charge >= 0.3 is 0 Å². The molecule has 1 amide bonds. The lowest BCUT2D eigenvalue weighted by Crippen LogP contribution is -2.41. The van der Waals surface area contributed by atoms with Crippen molar-refractivity contribution in [1.82, 2.24) is 19.7 Å². The van der Waals surface area contributed by atoms with E-state index in [1.54, 1.807) is 28.9 Å². The fourth-order valence-corrected chi connectivity index (χ4v) is 4.01. The van der Waals surface area contributed by atoms with E-state index in [0.29, 0.717) is 36.6 Å². The molecule has 1 aliphatic heterocycles. The Morgan fingerprint density at radius 3 is 2.65 bits per heavy atom. The predicted molar refractivity (Wildman–Crippen MR) is 116 cm³/mol. The first-order valence-corrected chi connectivity index (χ1v) is 10.5. The van der Waals surface area contributed by atoms with Crippen LogP contribution in [0.4, 0.5) is 0 Å². The highest BCUT2D eigenvalue weighted by molar-refractivity contribution is 6.43. The van der Waals surface area contributed by atoms with Crippen LogP contribution in [0.1, 0.15) is 40.2 Å². The first-order chi connectivity index (χ1) is 15.0. The van der Waals surface area contributed by atoms with Crippen LogP contribution in [0.3, 0.4) is 0 Å². The third kappa shape index (κ3) is 4.56. The predicted octanol–water partition coefficient (Wildman–Crippen LogP) is 3.27. The summed E-state index contributed by atoms with van der Waals surface area (Å²) < 4.78 is 7.44. The van der Waals surface area contributed by atoms with Gasteiger partial charge in [0.05, 0.1) is 28.7 Å². The number of aromatic nitrogens is 3. The van der Waals surface area contributed by atoms with E-state index < -0.39 is 11.7 Å². The fourth-order valence-electron chi connectivity index (χ4n) is 4.01. The van der Waals surface area contributed by atoms with Crippen LogP contribution in [0.15, 0.2) is 54.9 Å². The number of benzene rings is 1. The molecular formula is C24H26N4O3. The Morgan fingerprint density at radius 2 is 1.97 bits per heavy atom. The Morgan fingerprint density at radius 1 is 1.16 bits per heavy atom. The molecule has 4 rings (SSSR count). The number of nitrogens with zero attached hydrogens (tertiary/aromatic N) is 4. The second-order valence-corrected chi connectivity index (χ2v) is 7.80. The Kier molecular flexibility index (Phi) is 6.23. The number of aryl methyl sites for hydroxylation is 1. The van der Waals surface area contributed by atoms with Crippen molar-refractivity contribution in [3.8, 4) is 5.69 Å². The number of ether oxygens (including phenoxy) is 1. The van der Waals surface area contributed by atoms with Gasteiger partial charge in [-0.25, -0.2) is 4.68 Å². The lowest BCUT2D eigenvalue weighted by molar-refractivity contribution is -0.128. The highest BCUT2D eigenvalue weighted by Gasteiger charge is 2.31. The van der Waals surface area contributed by atoms with E-state index in [-0.39, 0.29) is 6.10 Å². The Labute approximate surface area is 181 Å². The molecular weight excluding hydrogens is 392 g/mol. The maximum Gasteiger partial charge on any atom is 0.295 e. The Bertz CT molecular complexity index is 1060. The summed E-state index contributed by atoms with van der Waals surface area (Å²) in [5.74, 6) is -1.09. The number of rotatable bonds is 7. The molecule has 31 heavy (non-hydrogen) atoms. The molecule has 160 valence electrons. The maximum absolute atomic E-state index is 13.3. The van der Waals surface area contributed by atoms with Crippen molar-refractivity contribution in [3.05, 3.63) is 77.4 Å². The SMILES string of the molecule is Cc1nn(-c2ccccc2)c(C)c1C(=O)C(=O)N(Cc1cccnc1)CC1CCCO1. The number of carbonyl (C=O) groups excluding carboxylic acids is 2. The summed E-state index contributed by atoms with van der Waals surface area (Å²) in [5.41, 5.74) is 3.27. The summed E-state index contributed by atoms with van der Waals surface area (Å²) in [7, 11) is 0. The number of carbonyl (C=O) groups is 2. The molecule has 0 radical (unpaired) electrons. The van der Waals surface area contributed by atoms with E-state index in [4.69, 9.17) is 4.74 Å². The van der Waals surface area contributed by atoms with Crippen LogP contribution in [0, 0.1) is 13.8 Å². The molecule has 7 heteroatoms. The number of Topliss-reactive ketones (excluding diaryl/α,β-unsaturated/α-hetero) is 1. The average molecular weight is 418 g/mol. The number of para-hydroxylation sites is 1.